The van der Waals surface area contributed by atoms with Gasteiger partial charge in [-0.1, -0.05) is 0 Å². The molecular formula is C11H12O5. The van der Waals surface area contributed by atoms with Crippen LogP contribution < -0.4 is 4.74 Å². The Bertz CT molecular complexity index is 411. The number of rotatable bonds is 4. The molecule has 5 heteroatoms. The van der Waals surface area contributed by atoms with E-state index in [0.29, 0.717) is 5.75 Å². The topological polar surface area (TPSA) is 72.8 Å². The van der Waals surface area contributed by atoms with E-state index in [9.17, 15) is 14.7 Å². The van der Waals surface area contributed by atoms with Crippen molar-refractivity contribution in [2.45, 2.75) is 6.42 Å². The minimum Gasteiger partial charge on any atom is -0.507 e. The second-order valence-corrected chi connectivity index (χ2v) is 3.06. The molecule has 0 bridgehead atoms. The Morgan fingerprint density at radius 1 is 1.31 bits per heavy atom. The summed E-state index contributed by atoms with van der Waals surface area (Å²) < 4.78 is 9.23. The van der Waals surface area contributed by atoms with Gasteiger partial charge < -0.3 is 14.6 Å². The molecule has 0 heterocycles. The van der Waals surface area contributed by atoms with E-state index in [0.717, 1.165) is 0 Å². The second kappa shape index (κ2) is 5.16. The van der Waals surface area contributed by atoms with E-state index in [1.807, 2.05) is 0 Å². The van der Waals surface area contributed by atoms with Gasteiger partial charge in [0.2, 0.25) is 0 Å². The van der Waals surface area contributed by atoms with Crippen LogP contribution in [0.1, 0.15) is 16.8 Å². The average Bonchev–Trinajstić information content (AvgIpc) is 2.28. The van der Waals surface area contributed by atoms with Crippen LogP contribution in [0.25, 0.3) is 0 Å². The van der Waals surface area contributed by atoms with Gasteiger partial charge in [-0.15, -0.1) is 0 Å². The van der Waals surface area contributed by atoms with Crippen LogP contribution in [0.4, 0.5) is 0 Å². The van der Waals surface area contributed by atoms with E-state index < -0.39 is 18.2 Å². The molecule has 0 aliphatic heterocycles. The summed E-state index contributed by atoms with van der Waals surface area (Å²) in [5, 5.41) is 9.53. The minimum atomic E-state index is -0.639. The molecule has 0 spiro atoms. The number of phenolic OH excluding ortho intramolecular Hbond substituents is 1. The molecule has 0 radical (unpaired) electrons. The molecule has 86 valence electrons. The third-order valence-corrected chi connectivity index (χ3v) is 2.04. The van der Waals surface area contributed by atoms with Crippen molar-refractivity contribution in [2.24, 2.45) is 0 Å². The first-order valence-corrected chi connectivity index (χ1v) is 4.55. The third-order valence-electron chi connectivity index (χ3n) is 2.04. The summed E-state index contributed by atoms with van der Waals surface area (Å²) >= 11 is 0. The van der Waals surface area contributed by atoms with Crippen molar-refractivity contribution in [3.8, 4) is 11.5 Å². The molecule has 0 aromatic heterocycles. The first-order valence-electron chi connectivity index (χ1n) is 4.55. The number of carbonyl (C=O) groups excluding carboxylic acids is 2. The van der Waals surface area contributed by atoms with Crippen molar-refractivity contribution < 1.29 is 24.2 Å². The molecule has 5 nitrogen and oxygen atoms in total. The third kappa shape index (κ3) is 2.73. The van der Waals surface area contributed by atoms with Crippen molar-refractivity contribution in [1.29, 1.82) is 0 Å². The highest BCUT2D eigenvalue weighted by Crippen LogP contribution is 2.24. The van der Waals surface area contributed by atoms with Gasteiger partial charge in [0.15, 0.2) is 5.78 Å². The lowest BCUT2D eigenvalue weighted by Gasteiger charge is -2.05. The van der Waals surface area contributed by atoms with Gasteiger partial charge in [-0.25, -0.2) is 0 Å². The second-order valence-electron chi connectivity index (χ2n) is 3.06. The van der Waals surface area contributed by atoms with Crippen LogP contribution >= 0.6 is 0 Å². The van der Waals surface area contributed by atoms with Crippen molar-refractivity contribution in [2.75, 3.05) is 14.2 Å². The number of carbonyl (C=O) groups is 2. The summed E-state index contributed by atoms with van der Waals surface area (Å²) in [6, 6.07) is 4.24. The fraction of sp³-hybridized carbons (Fsp3) is 0.273. The molecule has 1 aromatic rings. The van der Waals surface area contributed by atoms with Crippen LogP contribution in [-0.2, 0) is 9.53 Å². The van der Waals surface area contributed by atoms with Crippen molar-refractivity contribution in [3.05, 3.63) is 23.8 Å². The number of esters is 1. The van der Waals surface area contributed by atoms with Crippen LogP contribution in [0.2, 0.25) is 0 Å². The summed E-state index contributed by atoms with van der Waals surface area (Å²) in [5.74, 6) is -0.910. The number of aromatic hydroxyl groups is 1. The average molecular weight is 224 g/mol. The molecule has 1 aromatic carbocycles. The Labute approximate surface area is 92.6 Å². The Morgan fingerprint density at radius 2 is 2.00 bits per heavy atom. The zero-order chi connectivity index (χ0) is 12.1. The van der Waals surface area contributed by atoms with E-state index >= 15 is 0 Å². The van der Waals surface area contributed by atoms with Gasteiger partial charge >= 0.3 is 5.97 Å². The minimum absolute atomic E-state index is 0.0752. The summed E-state index contributed by atoms with van der Waals surface area (Å²) in [6.07, 6.45) is -0.392. The number of hydrogen-bond acceptors (Lipinski definition) is 5. The maximum Gasteiger partial charge on any atom is 0.313 e. The van der Waals surface area contributed by atoms with Gasteiger partial charge in [0.1, 0.15) is 17.9 Å². The molecule has 0 saturated heterocycles. The number of methoxy groups -OCH3 is 2. The zero-order valence-corrected chi connectivity index (χ0v) is 9.02. The predicted octanol–water partition coefficient (Wildman–Crippen LogP) is 1.15. The summed E-state index contributed by atoms with van der Waals surface area (Å²) in [6.45, 7) is 0. The van der Waals surface area contributed by atoms with Gasteiger partial charge in [-0.05, 0) is 12.1 Å². The normalized spacial score (nSPS) is 9.62. The molecule has 1 rings (SSSR count). The van der Waals surface area contributed by atoms with Crippen LogP contribution in [0.15, 0.2) is 18.2 Å². The lowest BCUT2D eigenvalue weighted by molar-refractivity contribution is -0.139. The van der Waals surface area contributed by atoms with Crippen LogP contribution in [-0.4, -0.2) is 31.1 Å². The number of ketones is 1. The molecule has 16 heavy (non-hydrogen) atoms. The summed E-state index contributed by atoms with van der Waals surface area (Å²) in [4.78, 5) is 22.4. The van der Waals surface area contributed by atoms with Crippen molar-refractivity contribution >= 4 is 11.8 Å². The molecule has 0 amide bonds. The number of Topliss-reactive ketones (excluding diaryl/α,β-unsaturated/α-hetero) is 1. The molecule has 0 aliphatic carbocycles. The fourth-order valence-electron chi connectivity index (χ4n) is 1.17. The van der Waals surface area contributed by atoms with Gasteiger partial charge in [0, 0.05) is 6.07 Å². The summed E-state index contributed by atoms with van der Waals surface area (Å²) in [5.41, 5.74) is 0.0752. The highest BCUT2D eigenvalue weighted by molar-refractivity contribution is 6.07. The van der Waals surface area contributed by atoms with Gasteiger partial charge in [-0.2, -0.15) is 0 Å². The Kier molecular flexibility index (Phi) is 3.88. The molecule has 0 atom stereocenters. The molecule has 0 aliphatic rings. The number of phenols is 1. The molecule has 0 unspecified atom stereocenters. The first kappa shape index (κ1) is 12.0. The van der Waals surface area contributed by atoms with Crippen LogP contribution in [0.3, 0.4) is 0 Å². The quantitative estimate of drug-likeness (QED) is 0.471. The van der Waals surface area contributed by atoms with E-state index in [2.05, 4.69) is 4.74 Å². The van der Waals surface area contributed by atoms with E-state index in [4.69, 9.17) is 4.74 Å². The largest absolute Gasteiger partial charge is 0.507 e. The van der Waals surface area contributed by atoms with Gasteiger partial charge in [-0.3, -0.25) is 9.59 Å². The summed E-state index contributed by atoms with van der Waals surface area (Å²) in [7, 11) is 2.65. The van der Waals surface area contributed by atoms with E-state index in [-0.39, 0.29) is 11.3 Å². The number of hydrogen-bond donors (Lipinski definition) is 1. The highest BCUT2D eigenvalue weighted by atomic mass is 16.5. The maximum atomic E-state index is 11.5. The van der Waals surface area contributed by atoms with E-state index in [1.54, 1.807) is 0 Å². The van der Waals surface area contributed by atoms with Crippen molar-refractivity contribution in [1.82, 2.24) is 0 Å². The Balaban J connectivity index is 2.88. The first-order chi connectivity index (χ1) is 7.58. The molecular weight excluding hydrogens is 212 g/mol. The molecule has 0 fully saturated rings. The van der Waals surface area contributed by atoms with E-state index in [1.165, 1.54) is 32.4 Å². The van der Waals surface area contributed by atoms with Gasteiger partial charge in [0.05, 0.1) is 19.8 Å². The SMILES string of the molecule is COC(=O)CC(=O)c1ccc(OC)cc1O. The lowest BCUT2D eigenvalue weighted by atomic mass is 10.1. The maximum absolute atomic E-state index is 11.5. The molecule has 0 saturated carbocycles. The zero-order valence-electron chi connectivity index (χ0n) is 9.02. The Morgan fingerprint density at radius 3 is 2.50 bits per heavy atom. The fourth-order valence-corrected chi connectivity index (χ4v) is 1.17. The van der Waals surface area contributed by atoms with Crippen molar-refractivity contribution in [3.63, 3.8) is 0 Å². The molecule has 1 N–H and O–H groups in total. The van der Waals surface area contributed by atoms with Gasteiger partial charge in [0.25, 0.3) is 0 Å². The van der Waals surface area contributed by atoms with Crippen LogP contribution in [0.5, 0.6) is 11.5 Å². The standard InChI is InChI=1S/C11H12O5/c1-15-7-3-4-8(9(12)5-7)10(13)6-11(14)16-2/h3-5,12H,6H2,1-2H3. The highest BCUT2D eigenvalue weighted by Gasteiger charge is 2.15. The Hall–Kier alpha value is -2.04. The van der Waals surface area contributed by atoms with Crippen LogP contribution in [0, 0.1) is 0 Å². The monoisotopic (exact) mass is 224 g/mol. The smallest absolute Gasteiger partial charge is 0.313 e. The number of ether oxygens (including phenoxy) is 2. The predicted molar refractivity (Wildman–Crippen MR) is 55.6 cm³/mol. The number of benzene rings is 1. The lowest BCUT2D eigenvalue weighted by Crippen LogP contribution is -2.09.